The van der Waals surface area contributed by atoms with Gasteiger partial charge in [0.2, 0.25) is 5.95 Å². The van der Waals surface area contributed by atoms with Crippen molar-refractivity contribution >= 4 is 22.7 Å². The monoisotopic (exact) mass is 376 g/mol. The van der Waals surface area contributed by atoms with E-state index in [1.165, 1.54) is 0 Å². The van der Waals surface area contributed by atoms with Gasteiger partial charge in [0, 0.05) is 62.5 Å². The van der Waals surface area contributed by atoms with Crippen molar-refractivity contribution in [1.29, 1.82) is 0 Å². The number of fused-ring (bicyclic) bond motifs is 1. The predicted molar refractivity (Wildman–Crippen MR) is 111 cm³/mol. The van der Waals surface area contributed by atoms with Crippen LogP contribution < -0.4 is 15.1 Å². The molecule has 0 amide bonds. The number of nitrogens with zero attached hydrogens (tertiary/aromatic N) is 5. The van der Waals surface area contributed by atoms with Gasteiger partial charge in [-0.05, 0) is 12.1 Å². The molecule has 2 saturated heterocycles. The van der Waals surface area contributed by atoms with Crippen LogP contribution in [0.15, 0.2) is 42.6 Å². The van der Waals surface area contributed by atoms with Crippen molar-refractivity contribution < 1.29 is 4.74 Å². The highest BCUT2D eigenvalue weighted by molar-refractivity contribution is 5.83. The van der Waals surface area contributed by atoms with Crippen LogP contribution in [0.1, 0.15) is 0 Å². The van der Waals surface area contributed by atoms with E-state index in [-0.39, 0.29) is 0 Å². The Kier molecular flexibility index (Phi) is 4.76. The molecule has 3 aromatic rings. The van der Waals surface area contributed by atoms with Crippen LogP contribution in [0.2, 0.25) is 0 Å². The molecule has 2 aliphatic heterocycles. The number of aromatic nitrogens is 3. The molecule has 7 heteroatoms. The zero-order valence-electron chi connectivity index (χ0n) is 15.8. The highest BCUT2D eigenvalue weighted by atomic mass is 16.5. The van der Waals surface area contributed by atoms with Crippen molar-refractivity contribution in [1.82, 2.24) is 20.3 Å². The SMILES string of the molecule is c1ccc2ncc(-c3cc(N4CCOCC4)nc(N4CCNCC4)n3)cc2c1. The minimum Gasteiger partial charge on any atom is -0.378 e. The highest BCUT2D eigenvalue weighted by Gasteiger charge is 2.19. The number of ether oxygens (including phenoxy) is 1. The van der Waals surface area contributed by atoms with Gasteiger partial charge in [-0.3, -0.25) is 4.98 Å². The molecule has 7 nitrogen and oxygen atoms in total. The molecule has 2 fully saturated rings. The smallest absolute Gasteiger partial charge is 0.227 e. The first-order valence-electron chi connectivity index (χ1n) is 9.89. The summed E-state index contributed by atoms with van der Waals surface area (Å²) in [6.07, 6.45) is 1.91. The fourth-order valence-corrected chi connectivity index (χ4v) is 3.74. The van der Waals surface area contributed by atoms with Crippen LogP contribution in [0.3, 0.4) is 0 Å². The molecule has 0 aliphatic carbocycles. The molecular formula is C21H24N6O. The van der Waals surface area contributed by atoms with Crippen molar-refractivity contribution in [2.45, 2.75) is 0 Å². The maximum Gasteiger partial charge on any atom is 0.227 e. The fourth-order valence-electron chi connectivity index (χ4n) is 3.74. The Morgan fingerprint density at radius 2 is 1.71 bits per heavy atom. The quantitative estimate of drug-likeness (QED) is 0.749. The van der Waals surface area contributed by atoms with E-state index in [0.717, 1.165) is 86.4 Å². The van der Waals surface area contributed by atoms with Crippen LogP contribution in [-0.2, 0) is 4.74 Å². The number of pyridine rings is 1. The summed E-state index contributed by atoms with van der Waals surface area (Å²) >= 11 is 0. The van der Waals surface area contributed by atoms with Gasteiger partial charge in [0.25, 0.3) is 0 Å². The van der Waals surface area contributed by atoms with Gasteiger partial charge in [0.05, 0.1) is 24.4 Å². The average Bonchev–Trinajstić information content (AvgIpc) is 2.79. The summed E-state index contributed by atoms with van der Waals surface area (Å²) < 4.78 is 5.52. The Balaban J connectivity index is 1.58. The van der Waals surface area contributed by atoms with E-state index in [4.69, 9.17) is 14.7 Å². The number of hydrogen-bond donors (Lipinski definition) is 1. The Morgan fingerprint density at radius 3 is 2.57 bits per heavy atom. The molecule has 4 heterocycles. The molecule has 0 spiro atoms. The molecule has 0 radical (unpaired) electrons. The van der Waals surface area contributed by atoms with Gasteiger partial charge in [-0.25, -0.2) is 4.98 Å². The lowest BCUT2D eigenvalue weighted by Gasteiger charge is -2.31. The van der Waals surface area contributed by atoms with E-state index in [0.29, 0.717) is 0 Å². The minimum absolute atomic E-state index is 0.736. The van der Waals surface area contributed by atoms with Gasteiger partial charge < -0.3 is 19.9 Å². The van der Waals surface area contributed by atoms with E-state index in [1.807, 2.05) is 24.4 Å². The lowest BCUT2D eigenvalue weighted by molar-refractivity contribution is 0.122. The molecule has 5 rings (SSSR count). The van der Waals surface area contributed by atoms with Crippen LogP contribution in [0, 0.1) is 0 Å². The normalized spacial score (nSPS) is 17.9. The van der Waals surface area contributed by atoms with Gasteiger partial charge in [-0.1, -0.05) is 18.2 Å². The summed E-state index contributed by atoms with van der Waals surface area (Å²) in [6.45, 7) is 6.93. The summed E-state index contributed by atoms with van der Waals surface area (Å²) in [5.74, 6) is 1.77. The lowest BCUT2D eigenvalue weighted by atomic mass is 10.1. The summed E-state index contributed by atoms with van der Waals surface area (Å²) in [4.78, 5) is 19.0. The highest BCUT2D eigenvalue weighted by Crippen LogP contribution is 2.27. The Morgan fingerprint density at radius 1 is 0.893 bits per heavy atom. The van der Waals surface area contributed by atoms with Crippen molar-refractivity contribution in [2.75, 3.05) is 62.3 Å². The molecule has 0 atom stereocenters. The largest absolute Gasteiger partial charge is 0.378 e. The molecule has 2 aliphatic rings. The third-order valence-electron chi connectivity index (χ3n) is 5.32. The first-order chi connectivity index (χ1) is 13.9. The van der Waals surface area contributed by atoms with Crippen LogP contribution in [0.5, 0.6) is 0 Å². The van der Waals surface area contributed by atoms with Crippen LogP contribution in [0.4, 0.5) is 11.8 Å². The summed E-state index contributed by atoms with van der Waals surface area (Å²) in [5.41, 5.74) is 2.94. The van der Waals surface area contributed by atoms with Gasteiger partial charge in [0.15, 0.2) is 0 Å². The molecule has 1 N–H and O–H groups in total. The number of benzene rings is 1. The second kappa shape index (κ2) is 7.69. The number of rotatable bonds is 3. The van der Waals surface area contributed by atoms with E-state index in [2.05, 4.69) is 38.3 Å². The average molecular weight is 376 g/mol. The summed E-state index contributed by atoms with van der Waals surface area (Å²) in [7, 11) is 0. The van der Waals surface area contributed by atoms with Crippen LogP contribution >= 0.6 is 0 Å². The van der Waals surface area contributed by atoms with Gasteiger partial charge in [0.1, 0.15) is 5.82 Å². The van der Waals surface area contributed by atoms with E-state index >= 15 is 0 Å². The van der Waals surface area contributed by atoms with E-state index < -0.39 is 0 Å². The lowest BCUT2D eigenvalue weighted by Crippen LogP contribution is -2.44. The molecule has 2 aromatic heterocycles. The number of piperazine rings is 1. The molecule has 28 heavy (non-hydrogen) atoms. The molecule has 144 valence electrons. The third kappa shape index (κ3) is 3.50. The minimum atomic E-state index is 0.736. The van der Waals surface area contributed by atoms with Crippen molar-refractivity contribution in [3.63, 3.8) is 0 Å². The van der Waals surface area contributed by atoms with Crippen molar-refractivity contribution in [3.8, 4) is 11.3 Å². The molecule has 0 bridgehead atoms. The topological polar surface area (TPSA) is 66.4 Å². The summed E-state index contributed by atoms with van der Waals surface area (Å²) in [5, 5.41) is 4.52. The number of para-hydroxylation sites is 1. The second-order valence-corrected chi connectivity index (χ2v) is 7.16. The number of hydrogen-bond acceptors (Lipinski definition) is 7. The fraction of sp³-hybridized carbons (Fsp3) is 0.381. The van der Waals surface area contributed by atoms with Gasteiger partial charge in [-0.15, -0.1) is 0 Å². The second-order valence-electron chi connectivity index (χ2n) is 7.16. The van der Waals surface area contributed by atoms with E-state index in [9.17, 15) is 0 Å². The zero-order chi connectivity index (χ0) is 18.8. The van der Waals surface area contributed by atoms with Gasteiger partial charge >= 0.3 is 0 Å². The number of morpholine rings is 1. The number of nitrogens with one attached hydrogen (secondary N) is 1. The Labute approximate surface area is 164 Å². The molecule has 0 unspecified atom stereocenters. The molecule has 1 aromatic carbocycles. The van der Waals surface area contributed by atoms with Crippen molar-refractivity contribution in [3.05, 3.63) is 42.6 Å². The molecule has 0 saturated carbocycles. The Bertz CT molecular complexity index is 930. The maximum atomic E-state index is 5.52. The standard InChI is InChI=1S/C21H24N6O/c1-2-4-18-16(3-1)13-17(15-23-18)19-14-20(26-9-11-28-12-10-26)25-21(24-19)27-7-5-22-6-8-27/h1-4,13-15,22H,5-12H2. The summed E-state index contributed by atoms with van der Waals surface area (Å²) in [6, 6.07) is 12.4. The van der Waals surface area contributed by atoms with Crippen LogP contribution in [0.25, 0.3) is 22.2 Å². The maximum absolute atomic E-state index is 5.52. The van der Waals surface area contributed by atoms with Gasteiger partial charge in [-0.2, -0.15) is 4.98 Å². The molecular weight excluding hydrogens is 352 g/mol. The number of anilines is 2. The first-order valence-corrected chi connectivity index (χ1v) is 9.89. The zero-order valence-corrected chi connectivity index (χ0v) is 15.8. The Hall–Kier alpha value is -2.77. The van der Waals surface area contributed by atoms with E-state index in [1.54, 1.807) is 0 Å². The first kappa shape index (κ1) is 17.3. The van der Waals surface area contributed by atoms with Crippen LogP contribution in [-0.4, -0.2) is 67.4 Å². The van der Waals surface area contributed by atoms with Crippen molar-refractivity contribution in [2.24, 2.45) is 0 Å². The predicted octanol–water partition coefficient (Wildman–Crippen LogP) is 1.94. The third-order valence-corrected chi connectivity index (χ3v) is 5.32.